The number of carbonyl (C=O) groups excluding carboxylic acids is 1. The molecular weight excluding hydrogens is 233 g/mol. The highest BCUT2D eigenvalue weighted by Gasteiger charge is 2.11. The van der Waals surface area contributed by atoms with Crippen molar-refractivity contribution in [2.45, 2.75) is 19.8 Å². The molecule has 96 valence electrons. The third kappa shape index (κ3) is 3.74. The topological polar surface area (TPSA) is 70.1 Å². The molecule has 0 heterocycles. The molecule has 0 spiro atoms. The highest BCUT2D eigenvalue weighted by atomic mass is 19.1. The Morgan fingerprint density at radius 1 is 1.56 bits per heavy atom. The van der Waals surface area contributed by atoms with Crippen molar-refractivity contribution in [1.29, 1.82) is 5.26 Å². The van der Waals surface area contributed by atoms with E-state index in [2.05, 4.69) is 0 Å². The van der Waals surface area contributed by atoms with E-state index in [0.29, 0.717) is 12.2 Å². The Bertz CT molecular complexity index is 468. The minimum Gasteiger partial charge on any atom is -0.368 e. The van der Waals surface area contributed by atoms with Crippen molar-refractivity contribution in [3.63, 3.8) is 0 Å². The summed E-state index contributed by atoms with van der Waals surface area (Å²) in [6, 6.07) is 6.05. The predicted octanol–water partition coefficient (Wildman–Crippen LogP) is 1.79. The van der Waals surface area contributed by atoms with E-state index < -0.39 is 11.7 Å². The van der Waals surface area contributed by atoms with Gasteiger partial charge >= 0.3 is 0 Å². The molecule has 0 aliphatic rings. The normalized spacial score (nSPS) is 9.83. The molecule has 0 aromatic heterocycles. The summed E-state index contributed by atoms with van der Waals surface area (Å²) in [6.07, 6.45) is 1.85. The smallest absolute Gasteiger partial charge is 0.236 e. The molecule has 1 aromatic rings. The number of nitrogens with zero attached hydrogens (tertiary/aromatic N) is 2. The van der Waals surface area contributed by atoms with Gasteiger partial charge in [-0.2, -0.15) is 5.26 Å². The summed E-state index contributed by atoms with van der Waals surface area (Å²) < 4.78 is 13.5. The fourth-order valence-corrected chi connectivity index (χ4v) is 1.63. The van der Waals surface area contributed by atoms with Crippen molar-refractivity contribution in [2.24, 2.45) is 5.73 Å². The van der Waals surface area contributed by atoms with Crippen LogP contribution >= 0.6 is 0 Å². The summed E-state index contributed by atoms with van der Waals surface area (Å²) >= 11 is 0. The van der Waals surface area contributed by atoms with E-state index in [1.54, 1.807) is 17.0 Å². The van der Waals surface area contributed by atoms with Crippen LogP contribution in [0.2, 0.25) is 0 Å². The van der Waals surface area contributed by atoms with Gasteiger partial charge in [0.15, 0.2) is 0 Å². The van der Waals surface area contributed by atoms with Crippen molar-refractivity contribution in [3.8, 4) is 6.07 Å². The zero-order chi connectivity index (χ0) is 13.5. The highest BCUT2D eigenvalue weighted by molar-refractivity contribution is 5.79. The average molecular weight is 249 g/mol. The predicted molar refractivity (Wildman–Crippen MR) is 67.4 cm³/mol. The van der Waals surface area contributed by atoms with E-state index in [9.17, 15) is 9.18 Å². The van der Waals surface area contributed by atoms with Crippen LogP contribution in [0.5, 0.6) is 0 Å². The quantitative estimate of drug-likeness (QED) is 0.835. The van der Waals surface area contributed by atoms with E-state index in [1.165, 1.54) is 12.1 Å². The van der Waals surface area contributed by atoms with Crippen LogP contribution in [0.15, 0.2) is 18.2 Å². The Hall–Kier alpha value is -2.09. The summed E-state index contributed by atoms with van der Waals surface area (Å²) in [6.45, 7) is 2.71. The number of benzene rings is 1. The molecule has 4 nitrogen and oxygen atoms in total. The summed E-state index contributed by atoms with van der Waals surface area (Å²) in [5.74, 6) is -1.04. The first kappa shape index (κ1) is 14.0. The Kier molecular flexibility index (Phi) is 5.12. The van der Waals surface area contributed by atoms with Gasteiger partial charge in [0.1, 0.15) is 11.9 Å². The third-order valence-electron chi connectivity index (χ3n) is 2.57. The molecule has 0 bridgehead atoms. The Labute approximate surface area is 106 Å². The minimum absolute atomic E-state index is 0.00623. The number of nitriles is 1. The second-order valence-electron chi connectivity index (χ2n) is 4.02. The Morgan fingerprint density at radius 3 is 2.78 bits per heavy atom. The molecule has 0 radical (unpaired) electrons. The SMILES string of the molecule is CCCCN(CC(N)=O)c1ccc(C#N)c(F)c1. The maximum absolute atomic E-state index is 13.5. The van der Waals surface area contributed by atoms with Crippen LogP contribution < -0.4 is 10.6 Å². The van der Waals surface area contributed by atoms with Gasteiger partial charge in [-0.25, -0.2) is 4.39 Å². The van der Waals surface area contributed by atoms with Crippen LogP contribution in [-0.4, -0.2) is 19.0 Å². The van der Waals surface area contributed by atoms with Gasteiger partial charge in [-0.15, -0.1) is 0 Å². The number of nitrogens with two attached hydrogens (primary N) is 1. The van der Waals surface area contributed by atoms with Crippen molar-refractivity contribution in [3.05, 3.63) is 29.6 Å². The van der Waals surface area contributed by atoms with E-state index in [1.807, 2.05) is 6.92 Å². The van der Waals surface area contributed by atoms with Crippen molar-refractivity contribution in [1.82, 2.24) is 0 Å². The van der Waals surface area contributed by atoms with Crippen LogP contribution in [0.1, 0.15) is 25.3 Å². The number of carbonyl (C=O) groups is 1. The van der Waals surface area contributed by atoms with E-state index in [0.717, 1.165) is 12.8 Å². The lowest BCUT2D eigenvalue weighted by atomic mass is 10.2. The summed E-state index contributed by atoms with van der Waals surface area (Å²) in [7, 11) is 0. The van der Waals surface area contributed by atoms with Gasteiger partial charge in [-0.1, -0.05) is 13.3 Å². The maximum atomic E-state index is 13.5. The molecule has 1 rings (SSSR count). The number of primary amides is 1. The molecule has 18 heavy (non-hydrogen) atoms. The van der Waals surface area contributed by atoms with E-state index in [4.69, 9.17) is 11.0 Å². The van der Waals surface area contributed by atoms with Crippen LogP contribution in [0.4, 0.5) is 10.1 Å². The van der Waals surface area contributed by atoms with Gasteiger partial charge in [0.25, 0.3) is 0 Å². The molecule has 0 unspecified atom stereocenters. The average Bonchev–Trinajstić information content (AvgIpc) is 2.34. The lowest BCUT2D eigenvalue weighted by Crippen LogP contribution is -2.34. The lowest BCUT2D eigenvalue weighted by Gasteiger charge is -2.23. The molecular formula is C13H16FN3O. The van der Waals surface area contributed by atoms with Crippen molar-refractivity contribution in [2.75, 3.05) is 18.0 Å². The van der Waals surface area contributed by atoms with Gasteiger partial charge in [-0.3, -0.25) is 4.79 Å². The first-order valence-electron chi connectivity index (χ1n) is 5.81. The monoisotopic (exact) mass is 249 g/mol. The zero-order valence-electron chi connectivity index (χ0n) is 10.3. The molecule has 0 aliphatic heterocycles. The van der Waals surface area contributed by atoms with Crippen LogP contribution in [0.25, 0.3) is 0 Å². The molecule has 1 amide bonds. The second-order valence-corrected chi connectivity index (χ2v) is 4.02. The number of anilines is 1. The molecule has 0 saturated carbocycles. The number of hydrogen-bond donors (Lipinski definition) is 1. The van der Waals surface area contributed by atoms with Gasteiger partial charge in [0.05, 0.1) is 12.1 Å². The number of rotatable bonds is 6. The molecule has 1 aromatic carbocycles. The minimum atomic E-state index is -0.582. The Morgan fingerprint density at radius 2 is 2.28 bits per heavy atom. The summed E-state index contributed by atoms with van der Waals surface area (Å²) in [5, 5.41) is 8.66. The largest absolute Gasteiger partial charge is 0.368 e. The van der Waals surface area contributed by atoms with Gasteiger partial charge in [0, 0.05) is 12.2 Å². The number of unbranched alkanes of at least 4 members (excludes halogenated alkanes) is 1. The van der Waals surface area contributed by atoms with Crippen LogP contribution in [0.3, 0.4) is 0 Å². The molecule has 2 N–H and O–H groups in total. The third-order valence-corrected chi connectivity index (χ3v) is 2.57. The van der Waals surface area contributed by atoms with Gasteiger partial charge in [0.2, 0.25) is 5.91 Å². The maximum Gasteiger partial charge on any atom is 0.236 e. The highest BCUT2D eigenvalue weighted by Crippen LogP contribution is 2.18. The Balaban J connectivity index is 2.94. The summed E-state index contributed by atoms with van der Waals surface area (Å²) in [4.78, 5) is 12.7. The number of halogens is 1. The van der Waals surface area contributed by atoms with Crippen molar-refractivity contribution >= 4 is 11.6 Å². The van der Waals surface area contributed by atoms with Crippen LogP contribution in [0, 0.1) is 17.1 Å². The van der Waals surface area contributed by atoms with Gasteiger partial charge in [-0.05, 0) is 24.6 Å². The molecule has 0 aliphatic carbocycles. The zero-order valence-corrected chi connectivity index (χ0v) is 10.3. The fourth-order valence-electron chi connectivity index (χ4n) is 1.63. The van der Waals surface area contributed by atoms with Gasteiger partial charge < -0.3 is 10.6 Å². The van der Waals surface area contributed by atoms with Crippen LogP contribution in [-0.2, 0) is 4.79 Å². The fraction of sp³-hybridized carbons (Fsp3) is 0.385. The molecule has 5 heteroatoms. The second kappa shape index (κ2) is 6.60. The molecule has 0 saturated heterocycles. The van der Waals surface area contributed by atoms with Crippen molar-refractivity contribution < 1.29 is 9.18 Å². The summed E-state index contributed by atoms with van der Waals surface area (Å²) in [5.41, 5.74) is 5.73. The lowest BCUT2D eigenvalue weighted by molar-refractivity contribution is -0.116. The van der Waals surface area contributed by atoms with E-state index >= 15 is 0 Å². The number of hydrogen-bond acceptors (Lipinski definition) is 3. The standard InChI is InChI=1S/C13H16FN3O/c1-2-3-6-17(9-13(16)18)11-5-4-10(8-15)12(14)7-11/h4-5,7H,2-3,6,9H2,1H3,(H2,16,18). The molecule has 0 fully saturated rings. The number of amides is 1. The first-order chi connectivity index (χ1) is 8.58. The first-order valence-corrected chi connectivity index (χ1v) is 5.81. The molecule has 0 atom stereocenters. The van der Waals surface area contributed by atoms with E-state index in [-0.39, 0.29) is 12.1 Å².